The molecule has 0 aromatic carbocycles. The molecule has 0 radical (unpaired) electrons. The van der Waals surface area contributed by atoms with Crippen molar-refractivity contribution >= 4 is 17.4 Å². The molecule has 1 aromatic heterocycles. The van der Waals surface area contributed by atoms with E-state index in [9.17, 15) is 4.79 Å². The van der Waals surface area contributed by atoms with Crippen LogP contribution in [0.1, 0.15) is 17.8 Å². The number of Topliss-reactive ketones (excluding diaryl/α,β-unsaturated/α-hetero) is 1. The highest BCUT2D eigenvalue weighted by Gasteiger charge is 2.17. The highest BCUT2D eigenvalue weighted by atomic mass is 35.5. The molecule has 1 N–H and O–H groups in total. The number of carbonyl (C=O) groups excluding carboxylic acids is 1. The minimum Gasteiger partial charge on any atom is -0.315 e. The summed E-state index contributed by atoms with van der Waals surface area (Å²) in [5, 5.41) is 8.19. The largest absolute Gasteiger partial charge is 0.315 e. The van der Waals surface area contributed by atoms with E-state index >= 15 is 0 Å². The Kier molecular flexibility index (Phi) is 4.96. The Bertz CT molecular complexity index is 450. The molecule has 0 atom stereocenters. The van der Waals surface area contributed by atoms with E-state index < -0.39 is 0 Å². The summed E-state index contributed by atoms with van der Waals surface area (Å²) in [5.74, 6) is 0.201. The lowest BCUT2D eigenvalue weighted by molar-refractivity contribution is -0.119. The van der Waals surface area contributed by atoms with Crippen LogP contribution in [0.2, 0.25) is 5.02 Å². The maximum atomic E-state index is 12.1. The number of hydrogen-bond acceptors (Lipinski definition) is 4. The molecule has 5 nitrogen and oxygen atoms in total. The molecule has 2 heterocycles. The van der Waals surface area contributed by atoms with Crippen LogP contribution in [0.15, 0.2) is 0 Å². The fourth-order valence-electron chi connectivity index (χ4n) is 2.42. The zero-order valence-corrected chi connectivity index (χ0v) is 12.3. The summed E-state index contributed by atoms with van der Waals surface area (Å²) in [4.78, 5) is 14.4. The number of halogens is 1. The van der Waals surface area contributed by atoms with E-state index in [-0.39, 0.29) is 5.78 Å². The molecule has 1 aliphatic heterocycles. The van der Waals surface area contributed by atoms with E-state index in [1.54, 1.807) is 4.68 Å². The Balaban J connectivity index is 1.93. The fourth-order valence-corrected chi connectivity index (χ4v) is 2.65. The van der Waals surface area contributed by atoms with Crippen LogP contribution in [-0.2, 0) is 18.3 Å². The monoisotopic (exact) mass is 284 g/mol. The zero-order valence-electron chi connectivity index (χ0n) is 11.6. The Hall–Kier alpha value is -0.910. The second kappa shape index (κ2) is 6.50. The van der Waals surface area contributed by atoms with E-state index in [4.69, 9.17) is 11.6 Å². The number of hydrogen-bond donors (Lipinski definition) is 1. The predicted molar refractivity (Wildman–Crippen MR) is 75.6 cm³/mol. The smallest absolute Gasteiger partial charge is 0.152 e. The van der Waals surface area contributed by atoms with Crippen molar-refractivity contribution in [2.75, 3.05) is 32.7 Å². The van der Waals surface area contributed by atoms with E-state index in [1.165, 1.54) is 0 Å². The van der Waals surface area contributed by atoms with Crippen LogP contribution < -0.4 is 5.32 Å². The van der Waals surface area contributed by atoms with Crippen molar-refractivity contribution in [3.05, 3.63) is 16.4 Å². The van der Waals surface area contributed by atoms with Gasteiger partial charge in [-0.3, -0.25) is 14.4 Å². The van der Waals surface area contributed by atoms with Gasteiger partial charge in [0, 0.05) is 20.1 Å². The zero-order chi connectivity index (χ0) is 13.8. The van der Waals surface area contributed by atoms with Crippen LogP contribution >= 0.6 is 11.6 Å². The maximum Gasteiger partial charge on any atom is 0.152 e. The lowest BCUT2D eigenvalue weighted by Crippen LogP contribution is -2.33. The standard InChI is InChI=1S/C13H21ClN4O/c1-10-13(14)12(17(2)16-10)8-11(19)9-18-6-3-4-15-5-7-18/h15H,3-9H2,1-2H3. The first kappa shape index (κ1) is 14.5. The molecular weight excluding hydrogens is 264 g/mol. The fraction of sp³-hybridized carbons (Fsp3) is 0.692. The molecule has 6 heteroatoms. The van der Waals surface area contributed by atoms with Crippen molar-refractivity contribution in [3.8, 4) is 0 Å². The summed E-state index contributed by atoms with van der Waals surface area (Å²) in [6, 6.07) is 0. The summed E-state index contributed by atoms with van der Waals surface area (Å²) in [7, 11) is 1.83. The SMILES string of the molecule is Cc1nn(C)c(CC(=O)CN2CCCNCC2)c1Cl. The molecule has 106 valence electrons. The van der Waals surface area contributed by atoms with Gasteiger partial charge in [-0.05, 0) is 26.4 Å². The quantitative estimate of drug-likeness (QED) is 0.888. The molecule has 0 saturated carbocycles. The summed E-state index contributed by atoms with van der Waals surface area (Å²) in [6.07, 6.45) is 1.46. The van der Waals surface area contributed by atoms with Crippen LogP contribution in [-0.4, -0.2) is 53.2 Å². The van der Waals surface area contributed by atoms with E-state index in [1.807, 2.05) is 14.0 Å². The van der Waals surface area contributed by atoms with Gasteiger partial charge in [0.15, 0.2) is 5.78 Å². The Morgan fingerprint density at radius 2 is 2.21 bits per heavy atom. The second-order valence-corrected chi connectivity index (χ2v) is 5.44. The molecule has 1 saturated heterocycles. The number of ketones is 1. The molecular formula is C13H21ClN4O. The second-order valence-electron chi connectivity index (χ2n) is 5.06. The summed E-state index contributed by atoms with van der Waals surface area (Å²) < 4.78 is 1.71. The maximum absolute atomic E-state index is 12.1. The molecule has 0 aliphatic carbocycles. The Morgan fingerprint density at radius 3 is 2.89 bits per heavy atom. The van der Waals surface area contributed by atoms with Crippen LogP contribution in [0.25, 0.3) is 0 Å². The number of rotatable bonds is 4. The van der Waals surface area contributed by atoms with Gasteiger partial charge in [-0.2, -0.15) is 5.10 Å². The topological polar surface area (TPSA) is 50.2 Å². The average molecular weight is 285 g/mol. The van der Waals surface area contributed by atoms with Crippen molar-refractivity contribution in [2.45, 2.75) is 19.8 Å². The molecule has 1 aliphatic rings. The van der Waals surface area contributed by atoms with Crippen molar-refractivity contribution in [1.82, 2.24) is 20.0 Å². The molecule has 19 heavy (non-hydrogen) atoms. The third-order valence-corrected chi connectivity index (χ3v) is 3.95. The van der Waals surface area contributed by atoms with Gasteiger partial charge >= 0.3 is 0 Å². The van der Waals surface area contributed by atoms with Gasteiger partial charge in [0.1, 0.15) is 0 Å². The minimum absolute atomic E-state index is 0.201. The highest BCUT2D eigenvalue weighted by Crippen LogP contribution is 2.20. The lowest BCUT2D eigenvalue weighted by Gasteiger charge is -2.18. The van der Waals surface area contributed by atoms with Crippen LogP contribution in [0.5, 0.6) is 0 Å². The Labute approximate surface area is 118 Å². The predicted octanol–water partition coefficient (Wildman–Crippen LogP) is 0.789. The molecule has 1 fully saturated rings. The van der Waals surface area contributed by atoms with Crippen LogP contribution in [0, 0.1) is 6.92 Å². The van der Waals surface area contributed by atoms with Crippen LogP contribution in [0.4, 0.5) is 0 Å². The van der Waals surface area contributed by atoms with Crippen molar-refractivity contribution < 1.29 is 4.79 Å². The van der Waals surface area contributed by atoms with E-state index in [0.717, 1.165) is 44.0 Å². The molecule has 1 aromatic rings. The normalized spacial score (nSPS) is 17.4. The number of aromatic nitrogens is 2. The Morgan fingerprint density at radius 1 is 1.42 bits per heavy atom. The third-order valence-electron chi connectivity index (χ3n) is 3.46. The molecule has 0 amide bonds. The number of nitrogens with one attached hydrogen (secondary N) is 1. The third kappa shape index (κ3) is 3.78. The minimum atomic E-state index is 0.201. The van der Waals surface area contributed by atoms with Crippen LogP contribution in [0.3, 0.4) is 0 Å². The first-order valence-electron chi connectivity index (χ1n) is 6.70. The van der Waals surface area contributed by atoms with Gasteiger partial charge in [0.2, 0.25) is 0 Å². The van der Waals surface area contributed by atoms with Crippen molar-refractivity contribution in [2.24, 2.45) is 7.05 Å². The summed E-state index contributed by atoms with van der Waals surface area (Å²) >= 11 is 6.17. The lowest BCUT2D eigenvalue weighted by atomic mass is 10.2. The van der Waals surface area contributed by atoms with Gasteiger partial charge in [0.25, 0.3) is 0 Å². The number of nitrogens with zero attached hydrogens (tertiary/aromatic N) is 3. The van der Waals surface area contributed by atoms with Gasteiger partial charge in [0.05, 0.1) is 29.4 Å². The first-order chi connectivity index (χ1) is 9.08. The van der Waals surface area contributed by atoms with Crippen molar-refractivity contribution in [1.29, 1.82) is 0 Å². The van der Waals surface area contributed by atoms with Gasteiger partial charge in [-0.1, -0.05) is 11.6 Å². The first-order valence-corrected chi connectivity index (χ1v) is 7.08. The van der Waals surface area contributed by atoms with Gasteiger partial charge in [-0.15, -0.1) is 0 Å². The average Bonchev–Trinajstić information content (AvgIpc) is 2.60. The molecule has 0 bridgehead atoms. The van der Waals surface area contributed by atoms with E-state index in [0.29, 0.717) is 18.0 Å². The molecule has 0 unspecified atom stereocenters. The highest BCUT2D eigenvalue weighted by molar-refractivity contribution is 6.32. The van der Waals surface area contributed by atoms with E-state index in [2.05, 4.69) is 15.3 Å². The molecule has 2 rings (SSSR count). The molecule has 0 spiro atoms. The summed E-state index contributed by atoms with van der Waals surface area (Å²) in [6.45, 7) is 6.27. The van der Waals surface area contributed by atoms with Gasteiger partial charge in [-0.25, -0.2) is 0 Å². The summed E-state index contributed by atoms with van der Waals surface area (Å²) in [5.41, 5.74) is 1.60. The number of carbonyl (C=O) groups is 1. The number of aryl methyl sites for hydroxylation is 2. The van der Waals surface area contributed by atoms with Crippen molar-refractivity contribution in [3.63, 3.8) is 0 Å². The van der Waals surface area contributed by atoms with Gasteiger partial charge < -0.3 is 5.32 Å².